The first-order chi connectivity index (χ1) is 14.6. The van der Waals surface area contributed by atoms with Gasteiger partial charge in [-0.1, -0.05) is 24.3 Å². The maximum absolute atomic E-state index is 13.2. The highest BCUT2D eigenvalue weighted by atomic mass is 127. The molecule has 2 N–H and O–H groups in total. The van der Waals surface area contributed by atoms with Crippen LogP contribution in [0.25, 0.3) is 0 Å². The summed E-state index contributed by atoms with van der Waals surface area (Å²) in [6.07, 6.45) is -0.221. The minimum Gasteiger partial charge on any atom is -0.491 e. The molecule has 31 heavy (non-hydrogen) atoms. The molecule has 0 saturated carbocycles. The fourth-order valence-corrected chi connectivity index (χ4v) is 2.90. The Hall–Kier alpha value is -1.91. The van der Waals surface area contributed by atoms with E-state index in [1.165, 1.54) is 12.1 Å². The maximum atomic E-state index is 13.2. The first kappa shape index (κ1) is 27.1. The third kappa shape index (κ3) is 9.40. The second-order valence-electron chi connectivity index (χ2n) is 6.74. The normalized spacial score (nSPS) is 12.1. The van der Waals surface area contributed by atoms with Crippen molar-refractivity contribution < 1.29 is 18.6 Å². The quantitative estimate of drug-likeness (QED) is 0.192. The molecule has 0 heterocycles. The second kappa shape index (κ2) is 15.0. The van der Waals surface area contributed by atoms with Crippen LogP contribution >= 0.6 is 24.0 Å². The van der Waals surface area contributed by atoms with Crippen LogP contribution in [0.4, 0.5) is 4.39 Å². The van der Waals surface area contributed by atoms with Gasteiger partial charge < -0.3 is 24.8 Å². The van der Waals surface area contributed by atoms with Crippen molar-refractivity contribution in [1.29, 1.82) is 0 Å². The van der Waals surface area contributed by atoms with E-state index in [9.17, 15) is 4.39 Å². The van der Waals surface area contributed by atoms with Gasteiger partial charge in [0.05, 0.1) is 12.7 Å². The van der Waals surface area contributed by atoms with Crippen LogP contribution in [0.5, 0.6) is 5.75 Å². The zero-order valence-electron chi connectivity index (χ0n) is 18.6. The smallest absolute Gasteiger partial charge is 0.191 e. The summed E-state index contributed by atoms with van der Waals surface area (Å²) in [5, 5.41) is 6.55. The Balaban J connectivity index is 0.00000480. The molecule has 2 aromatic carbocycles. The number of nitrogens with one attached hydrogen (secondary N) is 2. The number of hydrogen-bond acceptors (Lipinski definition) is 4. The summed E-state index contributed by atoms with van der Waals surface area (Å²) in [6, 6.07) is 12.4. The van der Waals surface area contributed by atoms with Crippen LogP contribution in [0.15, 0.2) is 47.5 Å². The number of hydrogen-bond donors (Lipinski definition) is 2. The molecule has 2 aromatic rings. The highest BCUT2D eigenvalue weighted by Crippen LogP contribution is 2.20. The number of aryl methyl sites for hydroxylation is 1. The molecule has 0 aliphatic carbocycles. The minimum absolute atomic E-state index is 0. The lowest BCUT2D eigenvalue weighted by Gasteiger charge is -2.19. The van der Waals surface area contributed by atoms with Gasteiger partial charge in [0.2, 0.25) is 0 Å². The third-order valence-electron chi connectivity index (χ3n) is 4.56. The summed E-state index contributed by atoms with van der Waals surface area (Å²) in [5.74, 6) is 1.20. The highest BCUT2D eigenvalue weighted by molar-refractivity contribution is 14.0. The average molecular weight is 545 g/mol. The van der Waals surface area contributed by atoms with Crippen molar-refractivity contribution >= 4 is 29.9 Å². The van der Waals surface area contributed by atoms with Crippen LogP contribution in [-0.2, 0) is 16.0 Å². The lowest BCUT2D eigenvalue weighted by Crippen LogP contribution is -2.39. The van der Waals surface area contributed by atoms with E-state index in [1.54, 1.807) is 26.3 Å². The molecule has 1 unspecified atom stereocenters. The zero-order chi connectivity index (χ0) is 21.8. The van der Waals surface area contributed by atoms with Crippen LogP contribution < -0.4 is 15.4 Å². The van der Waals surface area contributed by atoms with Crippen molar-refractivity contribution in [2.75, 3.05) is 40.5 Å². The average Bonchev–Trinajstić information content (AvgIpc) is 2.76. The lowest BCUT2D eigenvalue weighted by molar-refractivity contribution is 0.106. The fourth-order valence-electron chi connectivity index (χ4n) is 2.90. The van der Waals surface area contributed by atoms with E-state index in [4.69, 9.17) is 14.2 Å². The van der Waals surface area contributed by atoms with Gasteiger partial charge in [-0.3, -0.25) is 4.99 Å². The van der Waals surface area contributed by atoms with E-state index in [0.29, 0.717) is 38.9 Å². The molecule has 0 fully saturated rings. The molecule has 0 spiro atoms. The molecule has 0 aliphatic rings. The third-order valence-corrected chi connectivity index (χ3v) is 4.56. The van der Waals surface area contributed by atoms with Crippen LogP contribution in [0.3, 0.4) is 0 Å². The van der Waals surface area contributed by atoms with Gasteiger partial charge in [0.25, 0.3) is 0 Å². The Morgan fingerprint density at radius 2 is 1.84 bits per heavy atom. The zero-order valence-corrected chi connectivity index (χ0v) is 20.9. The molecule has 0 aliphatic heterocycles. The predicted molar refractivity (Wildman–Crippen MR) is 133 cm³/mol. The largest absolute Gasteiger partial charge is 0.491 e. The van der Waals surface area contributed by atoms with Gasteiger partial charge in [-0.25, -0.2) is 4.39 Å². The summed E-state index contributed by atoms with van der Waals surface area (Å²) in [5.41, 5.74) is 3.06. The highest BCUT2D eigenvalue weighted by Gasteiger charge is 2.12. The number of ether oxygens (including phenoxy) is 3. The minimum atomic E-state index is -0.267. The number of halogens is 2. The van der Waals surface area contributed by atoms with Gasteiger partial charge >= 0.3 is 0 Å². The van der Waals surface area contributed by atoms with Crippen molar-refractivity contribution in [3.63, 3.8) is 0 Å². The number of aliphatic imine (C=N–C) groups is 1. The van der Waals surface area contributed by atoms with E-state index in [2.05, 4.69) is 21.7 Å². The first-order valence-electron chi connectivity index (χ1n) is 10.1. The van der Waals surface area contributed by atoms with E-state index in [0.717, 1.165) is 22.4 Å². The molecule has 8 heteroatoms. The topological polar surface area (TPSA) is 64.1 Å². The van der Waals surface area contributed by atoms with Crippen molar-refractivity contribution in [2.45, 2.75) is 26.5 Å². The number of methoxy groups -OCH3 is 1. The standard InChI is InChI=1S/C23H32FN3O3.HI/c1-5-29-12-13-30-21-14-17(2)6-7-19(21)15-26-23(25-3)27-16-22(28-4)18-8-10-20(24)11-9-18;/h6-11,14,22H,5,12-13,15-16H2,1-4H3,(H2,25,26,27);1H. The molecular formula is C23H33FIN3O3. The van der Waals surface area contributed by atoms with E-state index >= 15 is 0 Å². The van der Waals surface area contributed by atoms with Crippen LogP contribution in [0.2, 0.25) is 0 Å². The van der Waals surface area contributed by atoms with E-state index < -0.39 is 0 Å². The molecule has 2 rings (SSSR count). The lowest BCUT2D eigenvalue weighted by atomic mass is 10.1. The van der Waals surface area contributed by atoms with Crippen LogP contribution in [-0.4, -0.2) is 46.5 Å². The van der Waals surface area contributed by atoms with Crippen molar-refractivity contribution in [3.05, 3.63) is 65.0 Å². The van der Waals surface area contributed by atoms with Gasteiger partial charge in [-0.15, -0.1) is 24.0 Å². The first-order valence-corrected chi connectivity index (χ1v) is 10.1. The van der Waals surface area contributed by atoms with Crippen molar-refractivity contribution in [1.82, 2.24) is 10.6 Å². The SMILES string of the molecule is CCOCCOc1cc(C)ccc1CNC(=NC)NCC(OC)c1ccc(F)cc1.I. The molecular weight excluding hydrogens is 512 g/mol. The summed E-state index contributed by atoms with van der Waals surface area (Å²) < 4.78 is 29.9. The molecule has 0 saturated heterocycles. The monoisotopic (exact) mass is 545 g/mol. The number of guanidine groups is 1. The predicted octanol–water partition coefficient (Wildman–Crippen LogP) is 4.22. The summed E-state index contributed by atoms with van der Waals surface area (Å²) in [4.78, 5) is 4.27. The van der Waals surface area contributed by atoms with Crippen molar-refractivity contribution in [2.24, 2.45) is 4.99 Å². The number of rotatable bonds is 11. The number of benzene rings is 2. The molecule has 0 radical (unpaired) electrons. The van der Waals surface area contributed by atoms with Gasteiger partial charge in [0.1, 0.15) is 18.2 Å². The molecule has 1 atom stereocenters. The summed E-state index contributed by atoms with van der Waals surface area (Å²) in [6.45, 7) is 6.78. The molecule has 0 bridgehead atoms. The molecule has 172 valence electrons. The molecule has 0 aromatic heterocycles. The Kier molecular flexibility index (Phi) is 13.1. The Labute approximate surface area is 201 Å². The molecule has 6 nitrogen and oxygen atoms in total. The van der Waals surface area contributed by atoms with Gasteiger partial charge in [-0.05, 0) is 43.2 Å². The fraction of sp³-hybridized carbons (Fsp3) is 0.435. The Bertz CT molecular complexity index is 803. The van der Waals surface area contributed by atoms with Crippen LogP contribution in [0, 0.1) is 12.7 Å². The Morgan fingerprint density at radius 3 is 2.48 bits per heavy atom. The number of nitrogens with zero attached hydrogens (tertiary/aromatic N) is 1. The molecule has 0 amide bonds. The summed E-state index contributed by atoms with van der Waals surface area (Å²) >= 11 is 0. The summed E-state index contributed by atoms with van der Waals surface area (Å²) in [7, 11) is 3.34. The van der Waals surface area contributed by atoms with Crippen molar-refractivity contribution in [3.8, 4) is 5.75 Å². The second-order valence-corrected chi connectivity index (χ2v) is 6.74. The van der Waals surface area contributed by atoms with Gasteiger partial charge in [0.15, 0.2) is 5.96 Å². The van der Waals surface area contributed by atoms with E-state index in [-0.39, 0.29) is 35.9 Å². The Morgan fingerprint density at radius 1 is 1.10 bits per heavy atom. The van der Waals surface area contributed by atoms with Crippen LogP contribution in [0.1, 0.15) is 29.7 Å². The maximum Gasteiger partial charge on any atom is 0.191 e. The van der Waals surface area contributed by atoms with Gasteiger partial charge in [0, 0.05) is 39.4 Å². The van der Waals surface area contributed by atoms with Gasteiger partial charge in [-0.2, -0.15) is 0 Å². The van der Waals surface area contributed by atoms with E-state index in [1.807, 2.05) is 26.0 Å².